The Morgan fingerprint density at radius 2 is 1.84 bits per heavy atom. The maximum absolute atomic E-state index is 11.4. The summed E-state index contributed by atoms with van der Waals surface area (Å²) in [6, 6.07) is 17.4. The molecule has 3 N–H and O–H groups in total. The van der Waals surface area contributed by atoms with Gasteiger partial charge in [-0.1, -0.05) is 42.5 Å². The van der Waals surface area contributed by atoms with Crippen LogP contribution in [0.25, 0.3) is 0 Å². The van der Waals surface area contributed by atoms with Crippen molar-refractivity contribution in [3.63, 3.8) is 0 Å². The van der Waals surface area contributed by atoms with Crippen molar-refractivity contribution < 1.29 is 13.2 Å². The Kier molecular flexibility index (Phi) is 8.50. The molecule has 2 aromatic rings. The lowest BCUT2D eigenvalue weighted by Gasteiger charge is -2.36. The highest BCUT2D eigenvalue weighted by molar-refractivity contribution is 14.0. The zero-order valence-corrected chi connectivity index (χ0v) is 21.2. The highest BCUT2D eigenvalue weighted by atomic mass is 127. The van der Waals surface area contributed by atoms with E-state index in [4.69, 9.17) is 9.88 Å². The van der Waals surface area contributed by atoms with Crippen molar-refractivity contribution in [1.29, 1.82) is 0 Å². The fourth-order valence-corrected chi connectivity index (χ4v) is 4.77. The average molecular weight is 571 g/mol. The molecule has 0 aliphatic carbocycles. The second kappa shape index (κ2) is 10.9. The van der Waals surface area contributed by atoms with Crippen molar-refractivity contribution in [2.24, 2.45) is 10.1 Å². The Labute approximate surface area is 206 Å². The zero-order chi connectivity index (χ0) is 21.8. The van der Waals surface area contributed by atoms with E-state index in [2.05, 4.69) is 44.4 Å². The number of sulfonamides is 1. The van der Waals surface area contributed by atoms with Crippen molar-refractivity contribution in [3.05, 3.63) is 65.7 Å². The van der Waals surface area contributed by atoms with E-state index >= 15 is 0 Å². The summed E-state index contributed by atoms with van der Waals surface area (Å²) < 4.78 is 28.9. The second-order valence-corrected chi connectivity index (χ2v) is 9.49. The first-order chi connectivity index (χ1) is 14.9. The molecule has 0 radical (unpaired) electrons. The van der Waals surface area contributed by atoms with Crippen molar-refractivity contribution in [1.82, 2.24) is 15.1 Å². The molecule has 0 spiro atoms. The fraction of sp³-hybridized carbons (Fsp3) is 0.409. The third-order valence-electron chi connectivity index (χ3n) is 5.86. The van der Waals surface area contributed by atoms with Crippen molar-refractivity contribution in [3.8, 4) is 0 Å². The first kappa shape index (κ1) is 24.9. The minimum atomic E-state index is -3.68. The number of likely N-dealkylation sites (tertiary alicyclic amines) is 1. The minimum absolute atomic E-state index is 0. The van der Waals surface area contributed by atoms with Crippen LogP contribution in [0.15, 0.2) is 64.5 Å². The number of halogens is 1. The Balaban J connectivity index is 0.00000289. The van der Waals surface area contributed by atoms with Gasteiger partial charge in [0.25, 0.3) is 0 Å². The maximum Gasteiger partial charge on any atom is 0.238 e. The Bertz CT molecular complexity index is 1020. The molecular formula is C22H30IN5O3S. The molecule has 2 fully saturated rings. The Morgan fingerprint density at radius 1 is 1.12 bits per heavy atom. The standard InChI is InChI=1S/C22H29N5O3S.HI/c1-24-22(25-13-17-7-9-19(10-8-17)31(23,28)29)27-15-20-21(16-27)30-12-11-26(20)14-18-5-3-2-4-6-18;/h2-10,20-21H,11-16H2,1H3,(H,24,25)(H2,23,28,29);1H. The summed E-state index contributed by atoms with van der Waals surface area (Å²) in [5, 5.41) is 8.55. The molecule has 2 saturated heterocycles. The molecular weight excluding hydrogens is 541 g/mol. The van der Waals surface area contributed by atoms with E-state index in [0.717, 1.165) is 44.3 Å². The SMILES string of the molecule is CN=C(NCc1ccc(S(N)(=O)=O)cc1)N1CC2OCCN(Cc3ccccc3)C2C1.I. The van der Waals surface area contributed by atoms with Gasteiger partial charge in [-0.05, 0) is 23.3 Å². The third-order valence-corrected chi connectivity index (χ3v) is 6.79. The van der Waals surface area contributed by atoms with E-state index in [1.54, 1.807) is 19.2 Å². The topological polar surface area (TPSA) is 100 Å². The van der Waals surface area contributed by atoms with Crippen LogP contribution in [0, 0.1) is 0 Å². The van der Waals surface area contributed by atoms with E-state index in [1.807, 2.05) is 6.07 Å². The second-order valence-electron chi connectivity index (χ2n) is 7.93. The quantitative estimate of drug-likeness (QED) is 0.322. The van der Waals surface area contributed by atoms with Crippen LogP contribution in [0.2, 0.25) is 0 Å². The molecule has 32 heavy (non-hydrogen) atoms. The van der Waals surface area contributed by atoms with Crippen LogP contribution >= 0.6 is 24.0 Å². The van der Waals surface area contributed by atoms with E-state index in [9.17, 15) is 8.42 Å². The normalized spacial score (nSPS) is 21.7. The van der Waals surface area contributed by atoms with Crippen LogP contribution in [0.5, 0.6) is 0 Å². The number of benzene rings is 2. The zero-order valence-electron chi connectivity index (χ0n) is 18.1. The maximum atomic E-state index is 11.4. The van der Waals surface area contributed by atoms with Crippen molar-refractivity contribution in [2.45, 2.75) is 30.1 Å². The molecule has 2 aromatic carbocycles. The molecule has 0 saturated carbocycles. The first-order valence-electron chi connectivity index (χ1n) is 10.4. The van der Waals surface area contributed by atoms with Gasteiger partial charge in [0.1, 0.15) is 0 Å². The predicted octanol–water partition coefficient (Wildman–Crippen LogP) is 1.61. The fourth-order valence-electron chi connectivity index (χ4n) is 4.26. The van der Waals surface area contributed by atoms with Gasteiger partial charge in [-0.2, -0.15) is 0 Å². The number of aliphatic imine (C=N–C) groups is 1. The average Bonchev–Trinajstić information content (AvgIpc) is 3.20. The summed E-state index contributed by atoms with van der Waals surface area (Å²) in [6.45, 7) is 4.76. The summed E-state index contributed by atoms with van der Waals surface area (Å²) in [6.07, 6.45) is 0.157. The predicted molar refractivity (Wildman–Crippen MR) is 135 cm³/mol. The highest BCUT2D eigenvalue weighted by Gasteiger charge is 2.41. The molecule has 2 heterocycles. The van der Waals surface area contributed by atoms with E-state index in [0.29, 0.717) is 12.6 Å². The van der Waals surface area contributed by atoms with E-state index in [1.165, 1.54) is 17.7 Å². The molecule has 0 aromatic heterocycles. The van der Waals surface area contributed by atoms with Crippen LogP contribution < -0.4 is 10.5 Å². The van der Waals surface area contributed by atoms with Gasteiger partial charge < -0.3 is 15.0 Å². The number of ether oxygens (including phenoxy) is 1. The van der Waals surface area contributed by atoms with E-state index < -0.39 is 10.0 Å². The van der Waals surface area contributed by atoms with Gasteiger partial charge in [-0.3, -0.25) is 9.89 Å². The Morgan fingerprint density at radius 3 is 2.50 bits per heavy atom. The number of nitrogens with zero attached hydrogens (tertiary/aromatic N) is 3. The number of nitrogens with two attached hydrogens (primary N) is 1. The number of hydrogen-bond donors (Lipinski definition) is 2. The largest absolute Gasteiger partial charge is 0.373 e. The third kappa shape index (κ3) is 5.98. The van der Waals surface area contributed by atoms with Gasteiger partial charge >= 0.3 is 0 Å². The molecule has 10 heteroatoms. The smallest absolute Gasteiger partial charge is 0.238 e. The summed E-state index contributed by atoms with van der Waals surface area (Å²) in [5.74, 6) is 0.813. The molecule has 2 aliphatic rings. The van der Waals surface area contributed by atoms with Crippen LogP contribution in [0.1, 0.15) is 11.1 Å². The number of primary sulfonamides is 1. The molecule has 2 unspecified atom stereocenters. The van der Waals surface area contributed by atoms with Gasteiger partial charge in [0.05, 0.1) is 23.6 Å². The van der Waals surface area contributed by atoms with Gasteiger partial charge in [0.2, 0.25) is 10.0 Å². The number of rotatable bonds is 5. The Hall–Kier alpha value is -1.73. The molecule has 2 aliphatic heterocycles. The summed E-state index contributed by atoms with van der Waals surface area (Å²) in [5.41, 5.74) is 2.26. The van der Waals surface area contributed by atoms with E-state index in [-0.39, 0.29) is 35.0 Å². The highest BCUT2D eigenvalue weighted by Crippen LogP contribution is 2.24. The number of guanidine groups is 1. The number of morpholine rings is 1. The molecule has 4 rings (SSSR count). The van der Waals surface area contributed by atoms with Crippen molar-refractivity contribution >= 4 is 40.0 Å². The number of fused-ring (bicyclic) bond motifs is 1. The van der Waals surface area contributed by atoms with Crippen LogP contribution in [-0.2, 0) is 27.8 Å². The van der Waals surface area contributed by atoms with Crippen molar-refractivity contribution in [2.75, 3.05) is 33.3 Å². The van der Waals surface area contributed by atoms with Crippen LogP contribution in [-0.4, -0.2) is 69.6 Å². The summed E-state index contributed by atoms with van der Waals surface area (Å²) in [7, 11) is -1.90. The first-order valence-corrected chi connectivity index (χ1v) is 12.0. The van der Waals surface area contributed by atoms with Gasteiger partial charge in [0, 0.05) is 39.8 Å². The van der Waals surface area contributed by atoms with Crippen LogP contribution in [0.4, 0.5) is 0 Å². The molecule has 174 valence electrons. The summed E-state index contributed by atoms with van der Waals surface area (Å²) in [4.78, 5) is 9.30. The molecule has 2 atom stereocenters. The lowest BCUT2D eigenvalue weighted by Crippen LogP contribution is -2.50. The molecule has 0 bridgehead atoms. The monoisotopic (exact) mass is 571 g/mol. The number of nitrogens with one attached hydrogen (secondary N) is 1. The summed E-state index contributed by atoms with van der Waals surface area (Å²) >= 11 is 0. The van der Waals surface area contributed by atoms with Crippen LogP contribution in [0.3, 0.4) is 0 Å². The molecule has 8 nitrogen and oxygen atoms in total. The van der Waals surface area contributed by atoms with Gasteiger partial charge in [-0.15, -0.1) is 24.0 Å². The lowest BCUT2D eigenvalue weighted by atomic mass is 10.1. The lowest BCUT2D eigenvalue weighted by molar-refractivity contribution is -0.0502. The van der Waals surface area contributed by atoms with Gasteiger partial charge in [0.15, 0.2) is 5.96 Å². The molecule has 0 amide bonds. The minimum Gasteiger partial charge on any atom is -0.373 e. The number of hydrogen-bond acceptors (Lipinski definition) is 5. The van der Waals surface area contributed by atoms with Gasteiger partial charge in [-0.25, -0.2) is 13.6 Å².